The number of Topliss-reactive ketones (excluding diaryl/α,β-unsaturated/α-hetero) is 1. The first-order chi connectivity index (χ1) is 19.4. The van der Waals surface area contributed by atoms with Gasteiger partial charge in [0.2, 0.25) is 4.99 Å². The highest BCUT2D eigenvalue weighted by atomic mass is 32.2. The van der Waals surface area contributed by atoms with Gasteiger partial charge in [-0.2, -0.15) is 10.2 Å². The van der Waals surface area contributed by atoms with Gasteiger partial charge in [-0.15, -0.1) is 0 Å². The number of ketones is 1. The zero-order chi connectivity index (χ0) is 27.9. The molecule has 4 aromatic rings. The van der Waals surface area contributed by atoms with Crippen LogP contribution >= 0.6 is 11.8 Å². The number of para-hydroxylation sites is 1. The summed E-state index contributed by atoms with van der Waals surface area (Å²) in [6.45, 7) is 5.95. The number of carbonyl (C=O) groups excluding carboxylic acids is 1. The predicted molar refractivity (Wildman–Crippen MR) is 164 cm³/mol. The number of methoxy groups -OCH3 is 1. The number of carbonyl (C=O) groups is 1. The molecule has 0 N–H and O–H groups in total. The Bertz CT molecular complexity index is 1610. The van der Waals surface area contributed by atoms with Crippen molar-refractivity contribution in [2.75, 3.05) is 17.1 Å². The maximum absolute atomic E-state index is 12.8. The monoisotopic (exact) mass is 546 g/mol. The van der Waals surface area contributed by atoms with Gasteiger partial charge in [-0.1, -0.05) is 80.6 Å². The van der Waals surface area contributed by atoms with Crippen molar-refractivity contribution >= 4 is 39.7 Å². The van der Waals surface area contributed by atoms with E-state index >= 15 is 0 Å². The topological polar surface area (TPSA) is 57.5 Å². The van der Waals surface area contributed by atoms with Gasteiger partial charge in [-0.05, 0) is 59.6 Å². The number of benzene rings is 4. The lowest BCUT2D eigenvalue weighted by atomic mass is 9.92. The third-order valence-electron chi connectivity index (χ3n) is 7.21. The molecule has 0 aliphatic carbocycles. The zero-order valence-electron chi connectivity index (χ0n) is 22.9. The third kappa shape index (κ3) is 4.27. The first-order valence-corrected chi connectivity index (χ1v) is 14.1. The van der Waals surface area contributed by atoms with Gasteiger partial charge in [0.1, 0.15) is 5.75 Å². The highest BCUT2D eigenvalue weighted by Gasteiger charge is 2.55. The molecular formula is C33H30N4O2S. The van der Waals surface area contributed by atoms with Crippen LogP contribution in [0, 0.1) is 0 Å². The van der Waals surface area contributed by atoms with Crippen LogP contribution in [-0.4, -0.2) is 23.6 Å². The van der Waals surface area contributed by atoms with Gasteiger partial charge in [-0.25, -0.2) is 10.0 Å². The van der Waals surface area contributed by atoms with Crippen LogP contribution in [0.3, 0.4) is 0 Å². The molecule has 4 aromatic carbocycles. The first kappa shape index (κ1) is 25.9. The number of thioether (sulfide) groups is 1. The van der Waals surface area contributed by atoms with Gasteiger partial charge in [0.15, 0.2) is 10.8 Å². The van der Waals surface area contributed by atoms with Crippen molar-refractivity contribution in [2.45, 2.75) is 31.7 Å². The molecular weight excluding hydrogens is 516 g/mol. The second-order valence-electron chi connectivity index (χ2n) is 10.1. The van der Waals surface area contributed by atoms with Gasteiger partial charge in [0.25, 0.3) is 0 Å². The van der Waals surface area contributed by atoms with Crippen LogP contribution in [0.4, 0.5) is 11.4 Å². The molecule has 0 amide bonds. The Morgan fingerprint density at radius 2 is 1.43 bits per heavy atom. The Hall–Kier alpha value is -4.36. The summed E-state index contributed by atoms with van der Waals surface area (Å²) >= 11 is 1.42. The molecule has 1 unspecified atom stereocenters. The van der Waals surface area contributed by atoms with Crippen molar-refractivity contribution < 1.29 is 9.53 Å². The maximum Gasteiger partial charge on any atom is 0.234 e. The summed E-state index contributed by atoms with van der Waals surface area (Å²) in [4.78, 5) is 11.8. The van der Waals surface area contributed by atoms with Crippen molar-refractivity contribution in [3.8, 4) is 5.75 Å². The molecule has 1 spiro atoms. The van der Waals surface area contributed by atoms with E-state index in [4.69, 9.17) is 14.9 Å². The zero-order valence-corrected chi connectivity index (χ0v) is 23.7. The number of fused-ring (bicyclic) bond motifs is 2. The Labute approximate surface area is 239 Å². The standard InChI is InChI=1S/C33H30N4O2S/c1-22(2)24-14-16-25(17-15-24)31-29-12-8-9-13-30(29)33(36(34-31)26-10-6-5-7-11-26)37(35-32(40-33)23(3)38)27-18-20-28(39-4)21-19-27/h5-22H,1-4H3. The highest BCUT2D eigenvalue weighted by Crippen LogP contribution is 2.55. The minimum absolute atomic E-state index is 0.0927. The minimum Gasteiger partial charge on any atom is -0.497 e. The molecule has 0 saturated carbocycles. The largest absolute Gasteiger partial charge is 0.497 e. The summed E-state index contributed by atoms with van der Waals surface area (Å²) in [5.41, 5.74) is 6.88. The Balaban J connectivity index is 1.61. The van der Waals surface area contributed by atoms with Gasteiger partial charge in [0, 0.05) is 23.6 Å². The fraction of sp³-hybridized carbons (Fsp3) is 0.182. The van der Waals surface area contributed by atoms with Crippen molar-refractivity contribution in [1.82, 2.24) is 0 Å². The molecule has 0 radical (unpaired) electrons. The quantitative estimate of drug-likeness (QED) is 0.253. The molecule has 0 saturated heterocycles. The molecule has 0 bridgehead atoms. The third-order valence-corrected chi connectivity index (χ3v) is 8.62. The average Bonchev–Trinajstić information content (AvgIpc) is 3.39. The van der Waals surface area contributed by atoms with Crippen LogP contribution in [0.5, 0.6) is 5.75 Å². The molecule has 2 heterocycles. The molecule has 7 heteroatoms. The van der Waals surface area contributed by atoms with E-state index < -0.39 is 4.99 Å². The van der Waals surface area contributed by atoms with Crippen LogP contribution in [-0.2, 0) is 9.79 Å². The van der Waals surface area contributed by atoms with Gasteiger partial charge in [0.05, 0.1) is 24.2 Å². The Morgan fingerprint density at radius 3 is 2.08 bits per heavy atom. The van der Waals surface area contributed by atoms with Crippen molar-refractivity contribution in [1.29, 1.82) is 0 Å². The summed E-state index contributed by atoms with van der Waals surface area (Å²) in [5, 5.41) is 14.6. The Morgan fingerprint density at radius 1 is 0.800 bits per heavy atom. The van der Waals surface area contributed by atoms with Crippen LogP contribution in [0.2, 0.25) is 0 Å². The predicted octanol–water partition coefficient (Wildman–Crippen LogP) is 7.36. The van der Waals surface area contributed by atoms with Crippen LogP contribution in [0.25, 0.3) is 0 Å². The minimum atomic E-state index is -0.977. The summed E-state index contributed by atoms with van der Waals surface area (Å²) in [6.07, 6.45) is 0. The molecule has 1 atom stereocenters. The lowest BCUT2D eigenvalue weighted by Crippen LogP contribution is -2.54. The molecule has 0 aromatic heterocycles. The van der Waals surface area contributed by atoms with Crippen molar-refractivity contribution in [3.05, 3.63) is 125 Å². The van der Waals surface area contributed by atoms with Crippen LogP contribution in [0.15, 0.2) is 113 Å². The smallest absolute Gasteiger partial charge is 0.234 e. The summed E-state index contributed by atoms with van der Waals surface area (Å²) < 4.78 is 5.42. The molecule has 6 nitrogen and oxygen atoms in total. The second kappa shape index (κ2) is 10.3. The maximum atomic E-state index is 12.8. The lowest BCUT2D eigenvalue weighted by molar-refractivity contribution is -0.110. The molecule has 40 heavy (non-hydrogen) atoms. The van der Waals surface area contributed by atoms with Crippen molar-refractivity contribution in [3.63, 3.8) is 0 Å². The SMILES string of the molecule is COc1ccc(N2N=C(C(C)=O)SC23c2ccccc2C(c2ccc(C(C)C)cc2)=NN3c2ccccc2)cc1. The number of rotatable bonds is 6. The van der Waals surface area contributed by atoms with E-state index in [9.17, 15) is 4.79 Å². The van der Waals surface area contributed by atoms with Gasteiger partial charge >= 0.3 is 0 Å². The van der Waals surface area contributed by atoms with Gasteiger partial charge < -0.3 is 4.74 Å². The molecule has 0 fully saturated rings. The first-order valence-electron chi connectivity index (χ1n) is 13.3. The number of hydrogen-bond acceptors (Lipinski definition) is 7. The van der Waals surface area contributed by atoms with E-state index in [1.54, 1.807) is 14.0 Å². The van der Waals surface area contributed by atoms with E-state index in [2.05, 4.69) is 50.2 Å². The van der Waals surface area contributed by atoms with Gasteiger partial charge in [-0.3, -0.25) is 4.79 Å². The molecule has 2 aliphatic rings. The number of anilines is 2. The van der Waals surface area contributed by atoms with E-state index in [-0.39, 0.29) is 5.78 Å². The number of hydrazone groups is 2. The van der Waals surface area contributed by atoms with E-state index in [0.717, 1.165) is 39.5 Å². The van der Waals surface area contributed by atoms with Crippen LogP contribution < -0.4 is 14.8 Å². The van der Waals surface area contributed by atoms with E-state index in [1.807, 2.05) is 76.7 Å². The molecule has 200 valence electrons. The molecule has 2 aliphatic heterocycles. The summed E-state index contributed by atoms with van der Waals surface area (Å²) in [6, 6.07) is 34.7. The fourth-order valence-corrected chi connectivity index (χ4v) is 6.40. The lowest BCUT2D eigenvalue weighted by Gasteiger charge is -2.47. The normalized spacial score (nSPS) is 18.0. The Kier molecular flexibility index (Phi) is 6.68. The average molecular weight is 547 g/mol. The fourth-order valence-electron chi connectivity index (χ4n) is 5.11. The van der Waals surface area contributed by atoms with E-state index in [1.165, 1.54) is 17.3 Å². The highest BCUT2D eigenvalue weighted by molar-refractivity contribution is 8.17. The van der Waals surface area contributed by atoms with Crippen LogP contribution in [0.1, 0.15) is 48.9 Å². The number of nitrogens with zero attached hydrogens (tertiary/aromatic N) is 4. The summed E-state index contributed by atoms with van der Waals surface area (Å²) in [5.74, 6) is 1.09. The summed E-state index contributed by atoms with van der Waals surface area (Å²) in [7, 11) is 1.65. The second-order valence-corrected chi connectivity index (χ2v) is 11.3. The number of ether oxygens (including phenoxy) is 1. The number of hydrogen-bond donors (Lipinski definition) is 0. The molecule has 6 rings (SSSR count). The van der Waals surface area contributed by atoms with Crippen molar-refractivity contribution in [2.24, 2.45) is 10.2 Å². The van der Waals surface area contributed by atoms with E-state index in [0.29, 0.717) is 11.0 Å².